The van der Waals surface area contributed by atoms with Crippen molar-refractivity contribution in [3.63, 3.8) is 0 Å². The lowest BCUT2D eigenvalue weighted by molar-refractivity contribution is 1.18. The zero-order valence-electron chi connectivity index (χ0n) is 39.6. The van der Waals surface area contributed by atoms with Crippen LogP contribution < -0.4 is 4.90 Å². The molecule has 0 saturated carbocycles. The molecular weight excluding hydrogens is 869 g/mol. The van der Waals surface area contributed by atoms with Crippen LogP contribution in [0.3, 0.4) is 0 Å². The molecule has 0 amide bonds. The zero-order chi connectivity index (χ0) is 47.8. The second-order valence-electron chi connectivity index (χ2n) is 18.5. The molecule has 0 aliphatic rings. The summed E-state index contributed by atoms with van der Waals surface area (Å²) >= 11 is 0. The highest BCUT2D eigenvalue weighted by molar-refractivity contribution is 6.16. The van der Waals surface area contributed by atoms with Gasteiger partial charge in [-0.3, -0.25) is 0 Å². The van der Waals surface area contributed by atoms with Gasteiger partial charge in [-0.15, -0.1) is 0 Å². The molecule has 0 radical (unpaired) electrons. The third-order valence-electron chi connectivity index (χ3n) is 14.2. The minimum Gasteiger partial charge on any atom is -0.310 e. The molecule has 0 aliphatic heterocycles. The predicted octanol–water partition coefficient (Wildman–Crippen LogP) is 19.4. The van der Waals surface area contributed by atoms with Crippen LogP contribution in [0.25, 0.3) is 105 Å². The number of fused-ring (bicyclic) bond motifs is 4. The van der Waals surface area contributed by atoms with E-state index in [0.717, 1.165) is 33.9 Å². The first-order chi connectivity index (χ1) is 35.7. The summed E-state index contributed by atoms with van der Waals surface area (Å²) in [4.78, 5) is 2.39. The number of rotatable bonds is 10. The van der Waals surface area contributed by atoms with Gasteiger partial charge in [-0.05, 0) is 156 Å². The molecule has 12 aromatic carbocycles. The zero-order valence-corrected chi connectivity index (χ0v) is 39.6. The maximum Gasteiger partial charge on any atom is 0.0547 e. The number of para-hydroxylation sites is 2. The second kappa shape index (κ2) is 18.4. The number of benzene rings is 12. The van der Waals surface area contributed by atoms with Gasteiger partial charge in [0, 0.05) is 33.5 Å². The van der Waals surface area contributed by atoms with Gasteiger partial charge in [0.1, 0.15) is 0 Å². The number of nitrogens with zero attached hydrogens (tertiary/aromatic N) is 2. The first-order valence-electron chi connectivity index (χ1n) is 24.7. The minimum absolute atomic E-state index is 1.07. The molecule has 0 unspecified atom stereocenters. The molecule has 338 valence electrons. The molecular formula is C70H48N2. The Labute approximate surface area is 420 Å². The molecule has 0 atom stereocenters. The van der Waals surface area contributed by atoms with Crippen molar-refractivity contribution in [2.75, 3.05) is 4.90 Å². The van der Waals surface area contributed by atoms with Crippen LogP contribution in [0.1, 0.15) is 0 Å². The Bertz CT molecular complexity index is 3980. The SMILES string of the molecule is c1ccc(-c2cc(-c3ccccc3)cc(-c3ccc(N(c4ccc(-c5ccc(-c6cccc7ccccc67)cc5)cc4)c4cccc(-c5cccc6c5c5ccccc5n6-c5ccccc5)c4)cc3)c2)cc1. The Morgan fingerprint density at radius 3 is 1.31 bits per heavy atom. The van der Waals surface area contributed by atoms with E-state index in [1.165, 1.54) is 88.2 Å². The Morgan fingerprint density at radius 2 is 0.667 bits per heavy atom. The van der Waals surface area contributed by atoms with Crippen LogP contribution in [-0.4, -0.2) is 4.57 Å². The van der Waals surface area contributed by atoms with E-state index in [-0.39, 0.29) is 0 Å². The van der Waals surface area contributed by atoms with E-state index in [9.17, 15) is 0 Å². The molecule has 1 heterocycles. The minimum atomic E-state index is 1.07. The normalized spacial score (nSPS) is 11.3. The topological polar surface area (TPSA) is 8.17 Å². The van der Waals surface area contributed by atoms with Gasteiger partial charge < -0.3 is 9.47 Å². The lowest BCUT2D eigenvalue weighted by Gasteiger charge is -2.26. The summed E-state index contributed by atoms with van der Waals surface area (Å²) in [6, 6.07) is 106. The summed E-state index contributed by atoms with van der Waals surface area (Å²) in [5.74, 6) is 0. The standard InChI is InChI=1S/C70H48N2/c1-4-17-49(18-5-1)57-45-58(50-19-6-2-7-20-50)47-59(46-57)53-39-43-62(44-40-53)71(61-41-37-52(38-42-61)51-33-35-55(36-34-51)65-29-15-22-54-21-10-11-27-64(54)65)63-26-14-23-56(48-63)66-30-16-32-69-70(66)67-28-12-13-31-68(67)72(69)60-24-8-3-9-25-60/h1-48H. The van der Waals surface area contributed by atoms with Crippen molar-refractivity contribution in [3.8, 4) is 72.4 Å². The average molecular weight is 917 g/mol. The summed E-state index contributed by atoms with van der Waals surface area (Å²) < 4.78 is 2.39. The molecule has 0 aliphatic carbocycles. The van der Waals surface area contributed by atoms with Crippen molar-refractivity contribution in [3.05, 3.63) is 291 Å². The van der Waals surface area contributed by atoms with E-state index < -0.39 is 0 Å². The van der Waals surface area contributed by atoms with Crippen LogP contribution >= 0.6 is 0 Å². The molecule has 0 spiro atoms. The van der Waals surface area contributed by atoms with Gasteiger partial charge in [0.05, 0.1) is 11.0 Å². The summed E-state index contributed by atoms with van der Waals surface area (Å²) in [6.07, 6.45) is 0. The van der Waals surface area contributed by atoms with Crippen molar-refractivity contribution < 1.29 is 0 Å². The van der Waals surface area contributed by atoms with Crippen LogP contribution in [0.2, 0.25) is 0 Å². The van der Waals surface area contributed by atoms with E-state index in [1.807, 2.05) is 0 Å². The summed E-state index contributed by atoms with van der Waals surface area (Å²) in [5, 5.41) is 5.00. The highest BCUT2D eigenvalue weighted by Gasteiger charge is 2.19. The second-order valence-corrected chi connectivity index (χ2v) is 18.5. The lowest BCUT2D eigenvalue weighted by Crippen LogP contribution is -2.10. The van der Waals surface area contributed by atoms with Crippen molar-refractivity contribution in [1.29, 1.82) is 0 Å². The Hall–Kier alpha value is -9.50. The van der Waals surface area contributed by atoms with Crippen molar-refractivity contribution in [2.45, 2.75) is 0 Å². The lowest BCUT2D eigenvalue weighted by atomic mass is 9.93. The average Bonchev–Trinajstić information content (AvgIpc) is 3.81. The molecule has 0 N–H and O–H groups in total. The van der Waals surface area contributed by atoms with Crippen LogP contribution in [0.15, 0.2) is 291 Å². The monoisotopic (exact) mass is 916 g/mol. The third-order valence-corrected chi connectivity index (χ3v) is 14.2. The summed E-state index contributed by atoms with van der Waals surface area (Å²) in [6.45, 7) is 0. The fourth-order valence-corrected chi connectivity index (χ4v) is 10.7. The van der Waals surface area contributed by atoms with Gasteiger partial charge >= 0.3 is 0 Å². The fraction of sp³-hybridized carbons (Fsp3) is 0. The first-order valence-corrected chi connectivity index (χ1v) is 24.7. The number of hydrogen-bond acceptors (Lipinski definition) is 1. The van der Waals surface area contributed by atoms with Crippen LogP contribution in [0.5, 0.6) is 0 Å². The van der Waals surface area contributed by atoms with Gasteiger partial charge in [-0.2, -0.15) is 0 Å². The first kappa shape index (κ1) is 42.6. The molecule has 0 fully saturated rings. The Balaban J connectivity index is 0.913. The van der Waals surface area contributed by atoms with Gasteiger partial charge in [0.25, 0.3) is 0 Å². The third kappa shape index (κ3) is 7.92. The van der Waals surface area contributed by atoms with E-state index in [2.05, 4.69) is 301 Å². The largest absolute Gasteiger partial charge is 0.310 e. The van der Waals surface area contributed by atoms with E-state index in [1.54, 1.807) is 0 Å². The van der Waals surface area contributed by atoms with Crippen LogP contribution in [0.4, 0.5) is 17.1 Å². The van der Waals surface area contributed by atoms with Crippen LogP contribution in [-0.2, 0) is 0 Å². The predicted molar refractivity (Wildman–Crippen MR) is 306 cm³/mol. The smallest absolute Gasteiger partial charge is 0.0547 e. The van der Waals surface area contributed by atoms with E-state index >= 15 is 0 Å². The number of hydrogen-bond donors (Lipinski definition) is 0. The molecule has 13 aromatic rings. The molecule has 72 heavy (non-hydrogen) atoms. The van der Waals surface area contributed by atoms with Crippen molar-refractivity contribution in [1.82, 2.24) is 4.57 Å². The molecule has 2 heteroatoms. The Kier molecular flexibility index (Phi) is 10.9. The quantitative estimate of drug-likeness (QED) is 0.133. The maximum absolute atomic E-state index is 2.39. The highest BCUT2D eigenvalue weighted by Crippen LogP contribution is 2.43. The van der Waals surface area contributed by atoms with Crippen molar-refractivity contribution in [2.24, 2.45) is 0 Å². The van der Waals surface area contributed by atoms with E-state index in [0.29, 0.717) is 0 Å². The van der Waals surface area contributed by atoms with Gasteiger partial charge in [0.2, 0.25) is 0 Å². The van der Waals surface area contributed by atoms with Gasteiger partial charge in [-0.25, -0.2) is 0 Å². The van der Waals surface area contributed by atoms with E-state index in [4.69, 9.17) is 0 Å². The number of aromatic nitrogens is 1. The van der Waals surface area contributed by atoms with Gasteiger partial charge in [-0.1, -0.05) is 212 Å². The fourth-order valence-electron chi connectivity index (χ4n) is 10.7. The van der Waals surface area contributed by atoms with Gasteiger partial charge in [0.15, 0.2) is 0 Å². The molecule has 13 rings (SSSR count). The van der Waals surface area contributed by atoms with Crippen molar-refractivity contribution >= 4 is 49.6 Å². The summed E-state index contributed by atoms with van der Waals surface area (Å²) in [5.41, 5.74) is 21.0. The summed E-state index contributed by atoms with van der Waals surface area (Å²) in [7, 11) is 0. The number of anilines is 3. The molecule has 0 bridgehead atoms. The maximum atomic E-state index is 2.39. The highest BCUT2D eigenvalue weighted by atomic mass is 15.1. The van der Waals surface area contributed by atoms with Crippen LogP contribution in [0, 0.1) is 0 Å². The molecule has 0 saturated heterocycles. The molecule has 1 aromatic heterocycles. The molecule has 2 nitrogen and oxygen atoms in total. The Morgan fingerprint density at radius 1 is 0.236 bits per heavy atom.